The van der Waals surface area contributed by atoms with E-state index in [1.165, 1.54) is 7.11 Å². The normalized spacial score (nSPS) is 10.2. The second kappa shape index (κ2) is 6.95. The van der Waals surface area contributed by atoms with Crippen LogP contribution in [0, 0.1) is 0 Å². The van der Waals surface area contributed by atoms with E-state index in [-0.39, 0.29) is 6.54 Å². The average molecular weight is 263 g/mol. The SMILES string of the molecule is COC(=O)c1ccc(CNC(=O)/C=C/C(=O)O)cc1. The molecule has 0 radical (unpaired) electrons. The summed E-state index contributed by atoms with van der Waals surface area (Å²) in [6.45, 7) is 0.240. The number of ether oxygens (including phenoxy) is 1. The van der Waals surface area contributed by atoms with Crippen LogP contribution < -0.4 is 5.32 Å². The summed E-state index contributed by atoms with van der Waals surface area (Å²) in [6.07, 6.45) is 1.70. The summed E-state index contributed by atoms with van der Waals surface area (Å²) < 4.78 is 4.56. The van der Waals surface area contributed by atoms with E-state index in [4.69, 9.17) is 5.11 Å². The topological polar surface area (TPSA) is 92.7 Å². The molecule has 0 aliphatic rings. The van der Waals surface area contributed by atoms with E-state index >= 15 is 0 Å². The highest BCUT2D eigenvalue weighted by Crippen LogP contribution is 2.05. The Morgan fingerprint density at radius 1 is 1.21 bits per heavy atom. The van der Waals surface area contributed by atoms with Crippen LogP contribution in [0.25, 0.3) is 0 Å². The second-order valence-electron chi connectivity index (χ2n) is 3.58. The van der Waals surface area contributed by atoms with E-state index < -0.39 is 17.8 Å². The molecule has 0 aliphatic carbocycles. The van der Waals surface area contributed by atoms with Gasteiger partial charge < -0.3 is 15.2 Å². The zero-order chi connectivity index (χ0) is 14.3. The number of carboxylic acid groups (broad SMARTS) is 1. The van der Waals surface area contributed by atoms with Crippen molar-refractivity contribution in [2.75, 3.05) is 7.11 Å². The van der Waals surface area contributed by atoms with Gasteiger partial charge >= 0.3 is 11.9 Å². The number of aliphatic carboxylic acids is 1. The lowest BCUT2D eigenvalue weighted by molar-refractivity contribution is -0.131. The molecule has 6 heteroatoms. The third kappa shape index (κ3) is 5.03. The molecule has 1 rings (SSSR count). The quantitative estimate of drug-likeness (QED) is 0.603. The molecule has 0 atom stereocenters. The van der Waals surface area contributed by atoms with Crippen molar-refractivity contribution in [2.45, 2.75) is 6.54 Å². The molecule has 0 unspecified atom stereocenters. The minimum Gasteiger partial charge on any atom is -0.478 e. The third-order valence-corrected chi connectivity index (χ3v) is 2.22. The van der Waals surface area contributed by atoms with Crippen LogP contribution in [0.3, 0.4) is 0 Å². The van der Waals surface area contributed by atoms with E-state index in [2.05, 4.69) is 10.1 Å². The smallest absolute Gasteiger partial charge is 0.337 e. The standard InChI is InChI=1S/C13H13NO5/c1-19-13(18)10-4-2-9(3-5-10)8-14-11(15)6-7-12(16)17/h2-7H,8H2,1H3,(H,14,15)(H,16,17)/b7-6+. The fraction of sp³-hybridized carbons (Fsp3) is 0.154. The lowest BCUT2D eigenvalue weighted by Gasteiger charge is -2.04. The Bertz CT molecular complexity index is 504. The van der Waals surface area contributed by atoms with Crippen molar-refractivity contribution in [1.82, 2.24) is 5.32 Å². The lowest BCUT2D eigenvalue weighted by Crippen LogP contribution is -2.20. The van der Waals surface area contributed by atoms with E-state index in [1.54, 1.807) is 24.3 Å². The Morgan fingerprint density at radius 3 is 2.37 bits per heavy atom. The number of amides is 1. The van der Waals surface area contributed by atoms with Gasteiger partial charge in [0.1, 0.15) is 0 Å². The van der Waals surface area contributed by atoms with E-state index in [0.29, 0.717) is 5.56 Å². The van der Waals surface area contributed by atoms with Gasteiger partial charge in [-0.1, -0.05) is 12.1 Å². The van der Waals surface area contributed by atoms with Crippen LogP contribution in [0.4, 0.5) is 0 Å². The maximum absolute atomic E-state index is 11.2. The molecule has 0 aromatic heterocycles. The Hall–Kier alpha value is -2.63. The van der Waals surface area contributed by atoms with Crippen LogP contribution in [-0.2, 0) is 20.9 Å². The van der Waals surface area contributed by atoms with E-state index in [0.717, 1.165) is 17.7 Å². The first-order chi connectivity index (χ1) is 9.02. The van der Waals surface area contributed by atoms with Crippen molar-refractivity contribution in [3.8, 4) is 0 Å². The zero-order valence-electron chi connectivity index (χ0n) is 10.3. The third-order valence-electron chi connectivity index (χ3n) is 2.22. The van der Waals surface area contributed by atoms with Crippen molar-refractivity contribution in [3.63, 3.8) is 0 Å². The van der Waals surface area contributed by atoms with Gasteiger partial charge in [-0.2, -0.15) is 0 Å². The van der Waals surface area contributed by atoms with Crippen LogP contribution >= 0.6 is 0 Å². The molecule has 0 bridgehead atoms. The second-order valence-corrected chi connectivity index (χ2v) is 3.58. The van der Waals surface area contributed by atoms with E-state index in [1.807, 2.05) is 0 Å². The largest absolute Gasteiger partial charge is 0.478 e. The van der Waals surface area contributed by atoms with Crippen LogP contribution in [0.5, 0.6) is 0 Å². The van der Waals surface area contributed by atoms with Gasteiger partial charge in [-0.05, 0) is 17.7 Å². The predicted octanol–water partition coefficient (Wildman–Crippen LogP) is 0.730. The molecule has 1 aromatic rings. The first-order valence-electron chi connectivity index (χ1n) is 5.39. The van der Waals surface area contributed by atoms with Gasteiger partial charge in [-0.15, -0.1) is 0 Å². The number of carbonyl (C=O) groups excluding carboxylic acids is 2. The fourth-order valence-corrected chi connectivity index (χ4v) is 1.27. The molecular formula is C13H13NO5. The number of carbonyl (C=O) groups is 3. The van der Waals surface area contributed by atoms with Crippen molar-refractivity contribution < 1.29 is 24.2 Å². The van der Waals surface area contributed by atoms with Crippen LogP contribution in [0.1, 0.15) is 15.9 Å². The summed E-state index contributed by atoms with van der Waals surface area (Å²) in [5, 5.41) is 10.9. The molecular weight excluding hydrogens is 250 g/mol. The van der Waals surface area contributed by atoms with Gasteiger partial charge in [0.2, 0.25) is 5.91 Å². The summed E-state index contributed by atoms with van der Waals surface area (Å²) in [5.41, 5.74) is 1.20. The molecule has 1 amide bonds. The van der Waals surface area contributed by atoms with E-state index in [9.17, 15) is 14.4 Å². The Balaban J connectivity index is 2.52. The number of esters is 1. The number of nitrogens with one attached hydrogen (secondary N) is 1. The molecule has 0 saturated heterocycles. The van der Waals surface area contributed by atoms with Gasteiger partial charge in [-0.3, -0.25) is 4.79 Å². The van der Waals surface area contributed by atoms with Gasteiger partial charge in [0.25, 0.3) is 0 Å². The molecule has 0 aliphatic heterocycles. The molecule has 100 valence electrons. The van der Waals surface area contributed by atoms with Gasteiger partial charge in [-0.25, -0.2) is 9.59 Å². The number of rotatable bonds is 5. The molecule has 19 heavy (non-hydrogen) atoms. The van der Waals surface area contributed by atoms with Crippen molar-refractivity contribution in [1.29, 1.82) is 0 Å². The maximum atomic E-state index is 11.2. The fourth-order valence-electron chi connectivity index (χ4n) is 1.27. The minimum atomic E-state index is -1.18. The molecule has 0 spiro atoms. The number of benzene rings is 1. The number of methoxy groups -OCH3 is 1. The molecule has 0 saturated carbocycles. The molecule has 2 N–H and O–H groups in total. The molecule has 0 fully saturated rings. The maximum Gasteiger partial charge on any atom is 0.337 e. The lowest BCUT2D eigenvalue weighted by atomic mass is 10.1. The summed E-state index contributed by atoms with van der Waals surface area (Å²) in [5.74, 6) is -2.11. The van der Waals surface area contributed by atoms with Crippen LogP contribution in [0.15, 0.2) is 36.4 Å². The Kier molecular flexibility index (Phi) is 5.28. The summed E-state index contributed by atoms with van der Waals surface area (Å²) >= 11 is 0. The summed E-state index contributed by atoms with van der Waals surface area (Å²) in [4.78, 5) is 32.6. The highest BCUT2D eigenvalue weighted by atomic mass is 16.5. The van der Waals surface area contributed by atoms with Gasteiger partial charge in [0.05, 0.1) is 12.7 Å². The molecule has 0 heterocycles. The highest BCUT2D eigenvalue weighted by Gasteiger charge is 2.04. The predicted molar refractivity (Wildman–Crippen MR) is 66.4 cm³/mol. The summed E-state index contributed by atoms with van der Waals surface area (Å²) in [7, 11) is 1.30. The number of hydrogen-bond donors (Lipinski definition) is 2. The molecule has 1 aromatic carbocycles. The van der Waals surface area contributed by atoms with Crippen molar-refractivity contribution in [2.24, 2.45) is 0 Å². The highest BCUT2D eigenvalue weighted by molar-refractivity contribution is 5.93. The number of hydrogen-bond acceptors (Lipinski definition) is 4. The van der Waals surface area contributed by atoms with Crippen molar-refractivity contribution >= 4 is 17.8 Å². The van der Waals surface area contributed by atoms with Gasteiger partial charge in [0, 0.05) is 18.7 Å². The van der Waals surface area contributed by atoms with Crippen LogP contribution in [0.2, 0.25) is 0 Å². The summed E-state index contributed by atoms with van der Waals surface area (Å²) in [6, 6.07) is 6.52. The first-order valence-corrected chi connectivity index (χ1v) is 5.39. The average Bonchev–Trinajstić information content (AvgIpc) is 2.42. The monoisotopic (exact) mass is 263 g/mol. The number of carboxylic acids is 1. The van der Waals surface area contributed by atoms with Crippen LogP contribution in [-0.4, -0.2) is 30.1 Å². The minimum absolute atomic E-state index is 0.240. The van der Waals surface area contributed by atoms with Gasteiger partial charge in [0.15, 0.2) is 0 Å². The Morgan fingerprint density at radius 2 is 1.84 bits per heavy atom. The first kappa shape index (κ1) is 14.4. The van der Waals surface area contributed by atoms with Crippen molar-refractivity contribution in [3.05, 3.63) is 47.5 Å². The Labute approximate surface area is 109 Å². The zero-order valence-corrected chi connectivity index (χ0v) is 10.3. The molecule has 6 nitrogen and oxygen atoms in total.